The van der Waals surface area contributed by atoms with E-state index in [1.165, 1.54) is 38.7 Å². The van der Waals surface area contributed by atoms with E-state index in [1.807, 2.05) is 0 Å². The van der Waals surface area contributed by atoms with E-state index in [2.05, 4.69) is 20.0 Å². The number of carbonyl (C=O) groups is 2. The Kier molecular flexibility index (Phi) is 8.31. The highest BCUT2D eigenvalue weighted by atomic mass is 16.3. The van der Waals surface area contributed by atoms with Gasteiger partial charge in [-0.15, -0.1) is 0 Å². The summed E-state index contributed by atoms with van der Waals surface area (Å²) in [5.74, 6) is -1.09. The van der Waals surface area contributed by atoms with Gasteiger partial charge in [0.05, 0.1) is 24.2 Å². The third-order valence-electron chi connectivity index (χ3n) is 3.94. The van der Waals surface area contributed by atoms with Crippen LogP contribution in [-0.4, -0.2) is 57.3 Å². The second kappa shape index (κ2) is 11.2. The van der Waals surface area contributed by atoms with Crippen molar-refractivity contribution in [2.24, 2.45) is 9.98 Å². The van der Waals surface area contributed by atoms with Crippen LogP contribution in [0.5, 0.6) is 0 Å². The third kappa shape index (κ3) is 6.30. The smallest absolute Gasteiger partial charge is 0.165 e. The first kappa shape index (κ1) is 22.4. The Balaban J connectivity index is 2.07. The molecule has 0 radical (unpaired) electrons. The summed E-state index contributed by atoms with van der Waals surface area (Å²) in [6.07, 6.45) is 8.59. The molecule has 0 spiro atoms. The van der Waals surface area contributed by atoms with Crippen molar-refractivity contribution in [1.29, 1.82) is 0 Å². The number of allylic oxidation sites excluding steroid dienone is 2. The summed E-state index contributed by atoms with van der Waals surface area (Å²) in [5.41, 5.74) is 0.944. The molecule has 0 aromatic carbocycles. The summed E-state index contributed by atoms with van der Waals surface area (Å²) in [6.45, 7) is 3.09. The van der Waals surface area contributed by atoms with Gasteiger partial charge >= 0.3 is 0 Å². The van der Waals surface area contributed by atoms with Crippen molar-refractivity contribution in [3.63, 3.8) is 0 Å². The predicted octanol–water partition coefficient (Wildman–Crippen LogP) is 3.03. The van der Waals surface area contributed by atoms with Gasteiger partial charge in [0.1, 0.15) is 11.5 Å². The van der Waals surface area contributed by atoms with Crippen LogP contribution >= 0.6 is 0 Å². The van der Waals surface area contributed by atoms with Crippen LogP contribution in [0.4, 0.5) is 0 Å². The number of aromatic nitrogens is 2. The van der Waals surface area contributed by atoms with Gasteiger partial charge in [0, 0.05) is 48.3 Å². The Labute approximate surface area is 174 Å². The van der Waals surface area contributed by atoms with Gasteiger partial charge in [0.15, 0.2) is 11.6 Å². The van der Waals surface area contributed by atoms with Gasteiger partial charge in [-0.25, -0.2) is 0 Å². The molecular formula is C22H22N4O4. The van der Waals surface area contributed by atoms with Gasteiger partial charge in [0.2, 0.25) is 0 Å². The molecule has 8 heteroatoms. The minimum Gasteiger partial charge on any atom is -0.506 e. The van der Waals surface area contributed by atoms with Crippen LogP contribution in [0.15, 0.2) is 70.2 Å². The van der Waals surface area contributed by atoms with Crippen LogP contribution in [0.1, 0.15) is 25.0 Å². The zero-order valence-corrected chi connectivity index (χ0v) is 16.7. The van der Waals surface area contributed by atoms with Crippen LogP contribution in [-0.2, 0) is 9.59 Å². The first-order valence-corrected chi connectivity index (χ1v) is 9.10. The molecule has 154 valence electrons. The fraction of sp³-hybridized carbons (Fsp3) is 0.182. The number of aliphatic hydroxyl groups is 2. The Morgan fingerprint density at radius 1 is 0.833 bits per heavy atom. The molecule has 0 bridgehead atoms. The van der Waals surface area contributed by atoms with Crippen LogP contribution in [0.3, 0.4) is 0 Å². The molecule has 2 aromatic heterocycles. The lowest BCUT2D eigenvalue weighted by Crippen LogP contribution is -2.05. The molecule has 0 fully saturated rings. The zero-order valence-electron chi connectivity index (χ0n) is 16.7. The molecule has 0 atom stereocenters. The van der Waals surface area contributed by atoms with Gasteiger partial charge in [-0.05, 0) is 38.1 Å². The molecule has 0 aliphatic heterocycles. The molecule has 0 aliphatic rings. The van der Waals surface area contributed by atoms with Crippen molar-refractivity contribution in [1.82, 2.24) is 9.97 Å². The van der Waals surface area contributed by atoms with Crippen molar-refractivity contribution in [3.8, 4) is 0 Å². The highest BCUT2D eigenvalue weighted by Gasteiger charge is 2.12. The van der Waals surface area contributed by atoms with E-state index in [0.717, 1.165) is 0 Å². The van der Waals surface area contributed by atoms with E-state index in [9.17, 15) is 19.8 Å². The van der Waals surface area contributed by atoms with E-state index in [-0.39, 0.29) is 47.3 Å². The monoisotopic (exact) mass is 406 g/mol. The Morgan fingerprint density at radius 2 is 1.23 bits per heavy atom. The number of hydrogen-bond donors (Lipinski definition) is 2. The summed E-state index contributed by atoms with van der Waals surface area (Å²) in [5, 5.41) is 20.6. The number of rotatable bonds is 9. The number of nitrogens with zero attached hydrogens (tertiary/aromatic N) is 4. The summed E-state index contributed by atoms with van der Waals surface area (Å²) in [4.78, 5) is 39.7. The average Bonchev–Trinajstić information content (AvgIpc) is 2.75. The van der Waals surface area contributed by atoms with Crippen molar-refractivity contribution >= 4 is 35.5 Å². The first-order valence-electron chi connectivity index (χ1n) is 9.10. The van der Waals surface area contributed by atoms with Gasteiger partial charge in [-0.1, -0.05) is 0 Å². The standard InChI is InChI=1S/C22H22N4O4/c1-15(27)19(21(29)17-5-3-7-23-11-17)13-25-9-10-26-14-20(16(2)28)22(30)18-6-4-8-24-12-18/h3-8,11-14,29-30H,9-10H2,1-2H3/b21-19+,22-20+,25-13?,26-14?. The molecule has 0 aliphatic carbocycles. The minimum absolute atomic E-state index is 0.0607. The summed E-state index contributed by atoms with van der Waals surface area (Å²) < 4.78 is 0. The van der Waals surface area contributed by atoms with Crippen molar-refractivity contribution in [2.75, 3.05) is 13.1 Å². The van der Waals surface area contributed by atoms with Crippen molar-refractivity contribution in [3.05, 3.63) is 71.3 Å². The number of ketones is 2. The second-order valence-corrected chi connectivity index (χ2v) is 6.19. The summed E-state index contributed by atoms with van der Waals surface area (Å²) >= 11 is 0. The lowest BCUT2D eigenvalue weighted by molar-refractivity contribution is -0.114. The molecule has 0 saturated carbocycles. The van der Waals surface area contributed by atoms with Crippen LogP contribution in [0, 0.1) is 0 Å². The van der Waals surface area contributed by atoms with Crippen molar-refractivity contribution in [2.45, 2.75) is 13.8 Å². The highest BCUT2D eigenvalue weighted by molar-refractivity contribution is 6.18. The van der Waals surface area contributed by atoms with Crippen LogP contribution in [0.2, 0.25) is 0 Å². The number of Topliss-reactive ketones (excluding diaryl/α,β-unsaturated/α-hetero) is 2. The normalized spacial score (nSPS) is 13.3. The van der Waals surface area contributed by atoms with E-state index in [4.69, 9.17) is 0 Å². The molecule has 30 heavy (non-hydrogen) atoms. The van der Waals surface area contributed by atoms with E-state index < -0.39 is 0 Å². The highest BCUT2D eigenvalue weighted by Crippen LogP contribution is 2.15. The molecule has 0 amide bonds. The van der Waals surface area contributed by atoms with Gasteiger partial charge in [-0.3, -0.25) is 29.5 Å². The number of carbonyl (C=O) groups excluding carboxylic acids is 2. The first-order chi connectivity index (χ1) is 14.4. The van der Waals surface area contributed by atoms with Gasteiger partial charge in [-0.2, -0.15) is 0 Å². The van der Waals surface area contributed by atoms with Crippen LogP contribution < -0.4 is 0 Å². The van der Waals surface area contributed by atoms with E-state index in [1.54, 1.807) is 36.7 Å². The Morgan fingerprint density at radius 3 is 1.53 bits per heavy atom. The maximum atomic E-state index is 11.8. The molecule has 8 nitrogen and oxygen atoms in total. The average molecular weight is 406 g/mol. The van der Waals surface area contributed by atoms with E-state index in [0.29, 0.717) is 11.1 Å². The van der Waals surface area contributed by atoms with Crippen LogP contribution in [0.25, 0.3) is 11.5 Å². The lowest BCUT2D eigenvalue weighted by atomic mass is 10.1. The fourth-order valence-electron chi connectivity index (χ4n) is 2.38. The predicted molar refractivity (Wildman–Crippen MR) is 116 cm³/mol. The largest absolute Gasteiger partial charge is 0.506 e. The molecule has 2 aromatic rings. The molecular weight excluding hydrogens is 384 g/mol. The van der Waals surface area contributed by atoms with Crippen molar-refractivity contribution < 1.29 is 19.8 Å². The summed E-state index contributed by atoms with van der Waals surface area (Å²) in [7, 11) is 0. The zero-order chi connectivity index (χ0) is 21.9. The van der Waals surface area contributed by atoms with Gasteiger partial charge < -0.3 is 10.2 Å². The third-order valence-corrected chi connectivity index (χ3v) is 3.94. The maximum Gasteiger partial charge on any atom is 0.165 e. The number of aliphatic hydroxyl groups excluding tert-OH is 2. The maximum absolute atomic E-state index is 11.8. The fourth-order valence-corrected chi connectivity index (χ4v) is 2.38. The molecule has 2 rings (SSSR count). The number of hydrogen-bond acceptors (Lipinski definition) is 8. The topological polar surface area (TPSA) is 125 Å². The molecule has 2 N–H and O–H groups in total. The lowest BCUT2D eigenvalue weighted by Gasteiger charge is -2.04. The Hall–Kier alpha value is -3.94. The second-order valence-electron chi connectivity index (χ2n) is 6.19. The SMILES string of the molecule is CC(=O)/C(C=NCCN=C/C(C(C)=O)=C(\O)c1cccnc1)=C(/O)c1cccnc1. The van der Waals surface area contributed by atoms with E-state index >= 15 is 0 Å². The van der Waals surface area contributed by atoms with Gasteiger partial charge in [0.25, 0.3) is 0 Å². The number of aliphatic imine (C=N–C) groups is 2. The quantitative estimate of drug-likeness (QED) is 0.285. The minimum atomic E-state index is -0.341. The Bertz CT molecular complexity index is 926. The summed E-state index contributed by atoms with van der Waals surface area (Å²) in [6, 6.07) is 6.56. The molecule has 2 heterocycles. The molecule has 0 saturated heterocycles. The molecule has 0 unspecified atom stereocenters. The number of pyridine rings is 2.